The molecule has 28 heavy (non-hydrogen) atoms. The maximum absolute atomic E-state index is 11.4. The molecule has 2 aromatic rings. The van der Waals surface area contributed by atoms with Gasteiger partial charge in [-0.3, -0.25) is 10.4 Å². The Balaban J connectivity index is 2.28. The standard InChI is InChI=1S/C18H18N4O6/c1-27-17(23)11-3-7-13(8-4-11)19-15(21-25)16(22-26)20-14-9-5-12(6-10-14)18(24)28-2/h3-10,25-26H,1-2H3,(H,19,21)(H,20,22). The number of esters is 2. The molecule has 0 aliphatic carbocycles. The maximum atomic E-state index is 11.4. The Morgan fingerprint density at radius 2 is 1.04 bits per heavy atom. The van der Waals surface area contributed by atoms with E-state index >= 15 is 0 Å². The number of nitrogens with zero attached hydrogens (tertiary/aromatic N) is 2. The van der Waals surface area contributed by atoms with E-state index in [4.69, 9.17) is 0 Å². The molecule has 2 rings (SSSR count). The van der Waals surface area contributed by atoms with Crippen molar-refractivity contribution in [2.45, 2.75) is 0 Å². The third-order valence-electron chi connectivity index (χ3n) is 3.49. The van der Waals surface area contributed by atoms with E-state index in [-0.39, 0.29) is 11.7 Å². The fourth-order valence-electron chi connectivity index (χ4n) is 2.10. The molecule has 146 valence electrons. The Labute approximate surface area is 160 Å². The van der Waals surface area contributed by atoms with Gasteiger partial charge in [-0.15, -0.1) is 0 Å². The average molecular weight is 386 g/mol. The first-order valence-corrected chi connectivity index (χ1v) is 7.87. The van der Waals surface area contributed by atoms with E-state index in [1.807, 2.05) is 11.0 Å². The van der Waals surface area contributed by atoms with Crippen LogP contribution in [-0.2, 0) is 9.47 Å². The zero-order chi connectivity index (χ0) is 20.5. The van der Waals surface area contributed by atoms with Crippen LogP contribution in [0.15, 0.2) is 58.5 Å². The van der Waals surface area contributed by atoms with Crippen LogP contribution in [0, 0.1) is 0 Å². The molecule has 0 saturated heterocycles. The molecule has 0 amide bonds. The Morgan fingerprint density at radius 3 is 1.29 bits per heavy atom. The minimum Gasteiger partial charge on any atom is -0.465 e. The van der Waals surface area contributed by atoms with Gasteiger partial charge < -0.3 is 9.47 Å². The van der Waals surface area contributed by atoms with E-state index in [0.29, 0.717) is 22.5 Å². The third kappa shape index (κ3) is 5.13. The van der Waals surface area contributed by atoms with Gasteiger partial charge in [0.15, 0.2) is 11.7 Å². The first kappa shape index (κ1) is 20.6. The molecule has 0 spiro atoms. The number of benzene rings is 2. The number of hydroxylamine groups is 2. The number of hydrogen-bond donors (Lipinski definition) is 4. The number of carbonyl (C=O) groups excluding carboxylic acids is 2. The van der Waals surface area contributed by atoms with Gasteiger partial charge in [-0.25, -0.2) is 30.5 Å². The summed E-state index contributed by atoms with van der Waals surface area (Å²) in [6.45, 7) is 0. The van der Waals surface area contributed by atoms with Crippen LogP contribution in [0.4, 0.5) is 11.4 Å². The third-order valence-corrected chi connectivity index (χ3v) is 3.49. The van der Waals surface area contributed by atoms with E-state index in [1.165, 1.54) is 62.8 Å². The first-order valence-electron chi connectivity index (χ1n) is 7.87. The van der Waals surface area contributed by atoms with Crippen molar-refractivity contribution in [3.05, 3.63) is 59.7 Å². The Morgan fingerprint density at radius 1 is 0.714 bits per heavy atom. The molecular weight excluding hydrogens is 368 g/mol. The summed E-state index contributed by atoms with van der Waals surface area (Å²) in [6.07, 6.45) is 0. The monoisotopic (exact) mass is 386 g/mol. The second kappa shape index (κ2) is 9.80. The van der Waals surface area contributed by atoms with Crippen LogP contribution >= 0.6 is 0 Å². The molecule has 0 fully saturated rings. The van der Waals surface area contributed by atoms with Gasteiger partial charge in [0.1, 0.15) is 0 Å². The van der Waals surface area contributed by atoms with Gasteiger partial charge in [0.2, 0.25) is 0 Å². The van der Waals surface area contributed by atoms with Crippen molar-refractivity contribution in [3.8, 4) is 0 Å². The van der Waals surface area contributed by atoms with Crippen LogP contribution in [0.25, 0.3) is 0 Å². The molecule has 0 aromatic heterocycles. The zero-order valence-corrected chi connectivity index (χ0v) is 15.0. The number of methoxy groups -OCH3 is 2. The SMILES string of the molecule is COC(=O)c1ccc(N=C(NO)C(=Nc2ccc(C(=O)OC)cc2)NO)cc1. The average Bonchev–Trinajstić information content (AvgIpc) is 2.75. The minimum atomic E-state index is -0.495. The van der Waals surface area contributed by atoms with Crippen LogP contribution in [0.1, 0.15) is 20.7 Å². The molecule has 0 radical (unpaired) electrons. The fourth-order valence-corrected chi connectivity index (χ4v) is 2.10. The van der Waals surface area contributed by atoms with Crippen molar-refractivity contribution in [2.24, 2.45) is 9.98 Å². The number of rotatable bonds is 4. The maximum Gasteiger partial charge on any atom is 0.337 e. The van der Waals surface area contributed by atoms with Crippen LogP contribution in [-0.4, -0.2) is 48.2 Å². The largest absolute Gasteiger partial charge is 0.465 e. The zero-order valence-electron chi connectivity index (χ0n) is 15.0. The van der Waals surface area contributed by atoms with Crippen molar-refractivity contribution in [2.75, 3.05) is 14.2 Å². The summed E-state index contributed by atoms with van der Waals surface area (Å²) in [6, 6.07) is 12.0. The number of carbonyl (C=O) groups is 2. The summed E-state index contributed by atoms with van der Waals surface area (Å²) in [4.78, 5) is 31.1. The van der Waals surface area contributed by atoms with Gasteiger partial charge in [0.25, 0.3) is 0 Å². The van der Waals surface area contributed by atoms with Crippen molar-refractivity contribution in [3.63, 3.8) is 0 Å². The summed E-state index contributed by atoms with van der Waals surface area (Å²) >= 11 is 0. The number of nitrogens with one attached hydrogen (secondary N) is 2. The van der Waals surface area contributed by atoms with Crippen molar-refractivity contribution < 1.29 is 29.5 Å². The van der Waals surface area contributed by atoms with E-state index in [9.17, 15) is 20.0 Å². The summed E-state index contributed by atoms with van der Waals surface area (Å²) in [5, 5.41) is 18.7. The molecule has 2 aromatic carbocycles. The predicted molar refractivity (Wildman–Crippen MR) is 99.6 cm³/mol. The summed E-state index contributed by atoms with van der Waals surface area (Å²) in [5.41, 5.74) is 5.08. The lowest BCUT2D eigenvalue weighted by Gasteiger charge is -2.08. The lowest BCUT2D eigenvalue weighted by atomic mass is 10.2. The number of hydrogen-bond acceptors (Lipinski definition) is 8. The second-order valence-electron chi connectivity index (χ2n) is 5.22. The fraction of sp³-hybridized carbons (Fsp3) is 0.111. The minimum absolute atomic E-state index is 0.189. The topological polar surface area (TPSA) is 142 Å². The van der Waals surface area contributed by atoms with Crippen LogP contribution in [0.2, 0.25) is 0 Å². The van der Waals surface area contributed by atoms with Crippen LogP contribution < -0.4 is 11.0 Å². The number of aliphatic imine (C=N–C) groups is 2. The molecular formula is C18H18N4O6. The molecule has 4 N–H and O–H groups in total. The van der Waals surface area contributed by atoms with Crippen LogP contribution in [0.3, 0.4) is 0 Å². The highest BCUT2D eigenvalue weighted by Crippen LogP contribution is 2.16. The van der Waals surface area contributed by atoms with Gasteiger partial charge in [-0.05, 0) is 48.5 Å². The van der Waals surface area contributed by atoms with E-state index in [1.54, 1.807) is 0 Å². The van der Waals surface area contributed by atoms with E-state index in [2.05, 4.69) is 19.5 Å². The van der Waals surface area contributed by atoms with E-state index < -0.39 is 11.9 Å². The lowest BCUT2D eigenvalue weighted by molar-refractivity contribution is 0.0592. The summed E-state index contributed by atoms with van der Waals surface area (Å²) < 4.78 is 9.22. The molecule has 0 saturated carbocycles. The van der Waals surface area contributed by atoms with Gasteiger partial charge in [-0.2, -0.15) is 0 Å². The van der Waals surface area contributed by atoms with Crippen molar-refractivity contribution in [1.29, 1.82) is 0 Å². The Kier molecular flexibility index (Phi) is 7.20. The lowest BCUT2D eigenvalue weighted by Crippen LogP contribution is -2.37. The van der Waals surface area contributed by atoms with Gasteiger partial charge in [-0.1, -0.05) is 0 Å². The summed E-state index contributed by atoms with van der Waals surface area (Å²) in [5.74, 6) is -1.37. The number of amidine groups is 2. The number of ether oxygens (including phenoxy) is 2. The molecule has 0 heterocycles. The molecule has 0 aliphatic rings. The molecule has 10 nitrogen and oxygen atoms in total. The highest BCUT2D eigenvalue weighted by molar-refractivity contribution is 6.40. The quantitative estimate of drug-likeness (QED) is 0.270. The van der Waals surface area contributed by atoms with Gasteiger partial charge in [0, 0.05) is 0 Å². The highest BCUT2D eigenvalue weighted by atomic mass is 16.5. The highest BCUT2D eigenvalue weighted by Gasteiger charge is 2.10. The van der Waals surface area contributed by atoms with E-state index in [0.717, 1.165) is 0 Å². The smallest absolute Gasteiger partial charge is 0.337 e. The normalized spacial score (nSPS) is 11.6. The molecule has 0 unspecified atom stereocenters. The molecule has 0 bridgehead atoms. The molecule has 0 atom stereocenters. The second-order valence-corrected chi connectivity index (χ2v) is 5.22. The van der Waals surface area contributed by atoms with Gasteiger partial charge in [0.05, 0.1) is 36.7 Å². The molecule has 10 heteroatoms. The van der Waals surface area contributed by atoms with Gasteiger partial charge >= 0.3 is 11.9 Å². The van der Waals surface area contributed by atoms with Crippen LogP contribution in [0.5, 0.6) is 0 Å². The van der Waals surface area contributed by atoms with Crippen molar-refractivity contribution in [1.82, 2.24) is 11.0 Å². The first-order chi connectivity index (χ1) is 13.5. The van der Waals surface area contributed by atoms with Crippen molar-refractivity contribution >= 4 is 35.0 Å². The predicted octanol–water partition coefficient (Wildman–Crippen LogP) is 1.98. The molecule has 0 aliphatic heterocycles. The Hall–Kier alpha value is -3.76. The summed E-state index contributed by atoms with van der Waals surface area (Å²) in [7, 11) is 2.55. The Bertz CT molecular complexity index is 816.